The minimum Gasteiger partial charge on any atom is -0.336 e. The quantitative estimate of drug-likeness (QED) is 0.777. The van der Waals surface area contributed by atoms with E-state index in [1.807, 2.05) is 13.8 Å². The first-order valence-corrected chi connectivity index (χ1v) is 8.83. The molecule has 1 fully saturated rings. The number of hydrogen-bond acceptors (Lipinski definition) is 3. The first kappa shape index (κ1) is 19.2. The normalized spacial score (nSPS) is 14.4. The third-order valence-corrected chi connectivity index (χ3v) is 4.77. The Hall–Kier alpha value is -2.08. The Kier molecular flexibility index (Phi) is 6.42. The van der Waals surface area contributed by atoms with Gasteiger partial charge in [-0.2, -0.15) is 0 Å². The van der Waals surface area contributed by atoms with Crippen molar-refractivity contribution in [3.63, 3.8) is 0 Å². The molecule has 0 radical (unpaired) electrons. The van der Waals surface area contributed by atoms with Gasteiger partial charge in [0.25, 0.3) is 0 Å². The number of amides is 3. The van der Waals surface area contributed by atoms with E-state index < -0.39 is 0 Å². The lowest BCUT2D eigenvalue weighted by Crippen LogP contribution is -2.42. The summed E-state index contributed by atoms with van der Waals surface area (Å²) in [6, 6.07) is 6.90. The van der Waals surface area contributed by atoms with E-state index in [0.717, 1.165) is 12.8 Å². The number of likely N-dealkylation sites (N-methyl/N-ethyl adjacent to an activating group) is 1. The third kappa shape index (κ3) is 4.51. The molecule has 1 aromatic carbocycles. The van der Waals surface area contributed by atoms with Gasteiger partial charge < -0.3 is 9.80 Å². The number of anilines is 1. The predicted molar refractivity (Wildman–Crippen MR) is 97.2 cm³/mol. The zero-order valence-corrected chi connectivity index (χ0v) is 15.6. The van der Waals surface area contributed by atoms with Crippen molar-refractivity contribution in [3.8, 4) is 0 Å². The molecule has 1 aliphatic rings. The number of carbonyl (C=O) groups excluding carboxylic acids is 3. The second kappa shape index (κ2) is 8.34. The van der Waals surface area contributed by atoms with E-state index in [9.17, 15) is 14.4 Å². The number of carbonyl (C=O) groups is 3. The first-order valence-electron chi connectivity index (χ1n) is 8.46. The second-order valence-corrected chi connectivity index (χ2v) is 6.68. The molecule has 7 heteroatoms. The molecule has 1 saturated heterocycles. The molecule has 0 saturated carbocycles. The van der Waals surface area contributed by atoms with Gasteiger partial charge in [0.05, 0.1) is 6.54 Å². The number of benzene rings is 1. The van der Waals surface area contributed by atoms with Crippen LogP contribution in [0.3, 0.4) is 0 Å². The van der Waals surface area contributed by atoms with Crippen LogP contribution in [0, 0.1) is 5.92 Å². The van der Waals surface area contributed by atoms with Crippen LogP contribution in [0.1, 0.15) is 26.7 Å². The van der Waals surface area contributed by atoms with Crippen LogP contribution >= 0.6 is 11.6 Å². The lowest BCUT2D eigenvalue weighted by atomic mass is 10.0. The average Bonchev–Trinajstić information content (AvgIpc) is 2.98. The summed E-state index contributed by atoms with van der Waals surface area (Å²) in [5, 5.41) is 0.588. The Morgan fingerprint density at radius 1 is 1.20 bits per heavy atom. The van der Waals surface area contributed by atoms with E-state index in [1.54, 1.807) is 31.3 Å². The minimum absolute atomic E-state index is 0.0168. The first-order chi connectivity index (χ1) is 11.9. The summed E-state index contributed by atoms with van der Waals surface area (Å²) in [6.07, 6.45) is 1.50. The highest BCUT2D eigenvalue weighted by atomic mass is 35.5. The summed E-state index contributed by atoms with van der Waals surface area (Å²) in [5.41, 5.74) is 0.700. The van der Waals surface area contributed by atoms with Crippen molar-refractivity contribution in [2.45, 2.75) is 26.7 Å². The van der Waals surface area contributed by atoms with Crippen LogP contribution in [0.5, 0.6) is 0 Å². The summed E-state index contributed by atoms with van der Waals surface area (Å²) in [4.78, 5) is 41.4. The highest BCUT2D eigenvalue weighted by Gasteiger charge is 2.32. The average molecular weight is 366 g/mol. The largest absolute Gasteiger partial charge is 0.336 e. The SMILES string of the molecule is CCC(CC)C(=O)N(C)CC(=O)N1CC(=O)N(c2ccc(Cl)cc2)C1. The molecule has 0 aromatic heterocycles. The van der Waals surface area contributed by atoms with Gasteiger partial charge in [0.1, 0.15) is 13.2 Å². The van der Waals surface area contributed by atoms with E-state index >= 15 is 0 Å². The standard InChI is InChI=1S/C18H24ClN3O3/c1-4-13(5-2)18(25)20(3)10-16(23)21-11-17(24)22(12-21)15-8-6-14(19)7-9-15/h6-9,13H,4-5,10-12H2,1-3H3. The van der Waals surface area contributed by atoms with Crippen molar-refractivity contribution in [1.29, 1.82) is 0 Å². The monoisotopic (exact) mass is 365 g/mol. The molecular weight excluding hydrogens is 342 g/mol. The van der Waals surface area contributed by atoms with Gasteiger partial charge in [-0.05, 0) is 37.1 Å². The lowest BCUT2D eigenvalue weighted by molar-refractivity contribution is -0.141. The maximum atomic E-state index is 12.5. The number of hydrogen-bond donors (Lipinski definition) is 0. The highest BCUT2D eigenvalue weighted by Crippen LogP contribution is 2.22. The maximum absolute atomic E-state index is 12.5. The van der Waals surface area contributed by atoms with E-state index in [4.69, 9.17) is 11.6 Å². The number of rotatable bonds is 6. The van der Waals surface area contributed by atoms with E-state index in [1.165, 1.54) is 14.7 Å². The third-order valence-electron chi connectivity index (χ3n) is 4.51. The summed E-state index contributed by atoms with van der Waals surface area (Å²) >= 11 is 5.86. The predicted octanol–water partition coefficient (Wildman–Crippen LogP) is 2.37. The van der Waals surface area contributed by atoms with Crippen LogP contribution in [0.4, 0.5) is 5.69 Å². The molecule has 2 rings (SSSR count). The summed E-state index contributed by atoms with van der Waals surface area (Å²) in [5.74, 6) is -0.474. The van der Waals surface area contributed by atoms with Gasteiger partial charge in [-0.3, -0.25) is 19.3 Å². The fraction of sp³-hybridized carbons (Fsp3) is 0.500. The molecule has 1 heterocycles. The minimum atomic E-state index is -0.230. The van der Waals surface area contributed by atoms with Gasteiger partial charge in [0.2, 0.25) is 17.7 Å². The molecule has 0 bridgehead atoms. The Balaban J connectivity index is 1.98. The van der Waals surface area contributed by atoms with E-state index in [2.05, 4.69) is 0 Å². The highest BCUT2D eigenvalue weighted by molar-refractivity contribution is 6.30. The lowest BCUT2D eigenvalue weighted by Gasteiger charge is -2.24. The maximum Gasteiger partial charge on any atom is 0.248 e. The Morgan fingerprint density at radius 3 is 2.36 bits per heavy atom. The molecule has 1 aliphatic heterocycles. The zero-order valence-electron chi connectivity index (χ0n) is 14.9. The van der Waals surface area contributed by atoms with Gasteiger partial charge in [-0.25, -0.2) is 0 Å². The molecule has 1 aromatic rings. The molecule has 136 valence electrons. The molecule has 0 aliphatic carbocycles. The van der Waals surface area contributed by atoms with Crippen molar-refractivity contribution in [1.82, 2.24) is 9.80 Å². The Labute approximate surface area is 153 Å². The van der Waals surface area contributed by atoms with E-state index in [0.29, 0.717) is 10.7 Å². The molecule has 25 heavy (non-hydrogen) atoms. The van der Waals surface area contributed by atoms with Gasteiger partial charge in [-0.15, -0.1) is 0 Å². The summed E-state index contributed by atoms with van der Waals surface area (Å²) < 4.78 is 0. The fourth-order valence-corrected chi connectivity index (χ4v) is 3.02. The van der Waals surface area contributed by atoms with Crippen molar-refractivity contribution < 1.29 is 14.4 Å². The second-order valence-electron chi connectivity index (χ2n) is 6.24. The molecule has 0 spiro atoms. The van der Waals surface area contributed by atoms with Crippen molar-refractivity contribution in [2.24, 2.45) is 5.92 Å². The smallest absolute Gasteiger partial charge is 0.248 e. The van der Waals surface area contributed by atoms with Gasteiger partial charge in [-0.1, -0.05) is 25.4 Å². The Morgan fingerprint density at radius 2 is 1.80 bits per heavy atom. The van der Waals surface area contributed by atoms with Crippen molar-refractivity contribution >= 4 is 35.0 Å². The molecule has 0 N–H and O–H groups in total. The topological polar surface area (TPSA) is 60.9 Å². The molecule has 0 atom stereocenters. The van der Waals surface area contributed by atoms with Gasteiger partial charge in [0, 0.05) is 23.7 Å². The van der Waals surface area contributed by atoms with Crippen LogP contribution < -0.4 is 4.90 Å². The molecule has 3 amide bonds. The fourth-order valence-electron chi connectivity index (χ4n) is 2.89. The Bertz CT molecular complexity index is 643. The van der Waals surface area contributed by atoms with Crippen molar-refractivity contribution in [3.05, 3.63) is 29.3 Å². The number of nitrogens with zero attached hydrogens (tertiary/aromatic N) is 3. The summed E-state index contributed by atoms with van der Waals surface area (Å²) in [7, 11) is 1.63. The van der Waals surface area contributed by atoms with Gasteiger partial charge >= 0.3 is 0 Å². The van der Waals surface area contributed by atoms with Crippen LogP contribution in [-0.2, 0) is 14.4 Å². The number of halogens is 1. The van der Waals surface area contributed by atoms with Crippen LogP contribution in [0.2, 0.25) is 5.02 Å². The molecule has 6 nitrogen and oxygen atoms in total. The molecular formula is C18H24ClN3O3. The zero-order chi connectivity index (χ0) is 18.6. The summed E-state index contributed by atoms with van der Waals surface area (Å²) in [6.45, 7) is 4.12. The van der Waals surface area contributed by atoms with E-state index in [-0.39, 0.29) is 43.4 Å². The van der Waals surface area contributed by atoms with Crippen LogP contribution in [-0.4, -0.2) is 54.3 Å². The van der Waals surface area contributed by atoms with Gasteiger partial charge in [0.15, 0.2) is 0 Å². The van der Waals surface area contributed by atoms with Crippen LogP contribution in [0.25, 0.3) is 0 Å². The van der Waals surface area contributed by atoms with Crippen molar-refractivity contribution in [2.75, 3.05) is 31.7 Å². The van der Waals surface area contributed by atoms with Crippen LogP contribution in [0.15, 0.2) is 24.3 Å². The molecule has 0 unspecified atom stereocenters.